The molecule has 48 heavy (non-hydrogen) atoms. The van der Waals surface area contributed by atoms with Gasteiger partial charge in [0.2, 0.25) is 20.0 Å². The molecule has 4 aliphatic rings. The summed E-state index contributed by atoms with van der Waals surface area (Å²) in [6.07, 6.45) is 3.32. The summed E-state index contributed by atoms with van der Waals surface area (Å²) >= 11 is 0. The van der Waals surface area contributed by atoms with Crippen LogP contribution in [0.15, 0.2) is 82.6 Å². The molecule has 2 saturated heterocycles. The van der Waals surface area contributed by atoms with Crippen molar-refractivity contribution in [3.05, 3.63) is 84.0 Å². The molecule has 8 nitrogen and oxygen atoms in total. The topological polar surface area (TPSA) is 109 Å². The number of hydrogen-bond acceptors (Lipinski definition) is 6. The molecule has 10 heteroatoms. The Morgan fingerprint density at radius 3 is 1.23 bits per heavy atom. The van der Waals surface area contributed by atoms with Gasteiger partial charge in [0.15, 0.2) is 0 Å². The van der Waals surface area contributed by atoms with E-state index in [2.05, 4.69) is 13.2 Å². The Morgan fingerprint density at radius 1 is 0.625 bits per heavy atom. The zero-order valence-corrected chi connectivity index (χ0v) is 30.9. The molecule has 0 amide bonds. The van der Waals surface area contributed by atoms with Crippen molar-refractivity contribution < 1.29 is 26.4 Å². The van der Waals surface area contributed by atoms with Gasteiger partial charge in [0.25, 0.3) is 0 Å². The molecule has 0 unspecified atom stereocenters. The first kappa shape index (κ1) is 36.4. The predicted molar refractivity (Wildman–Crippen MR) is 188 cm³/mol. The third kappa shape index (κ3) is 6.41. The van der Waals surface area contributed by atoms with Crippen LogP contribution in [0.5, 0.6) is 0 Å². The van der Waals surface area contributed by atoms with Gasteiger partial charge in [0, 0.05) is 39.0 Å². The molecule has 0 spiro atoms. The van der Waals surface area contributed by atoms with E-state index in [1.165, 1.54) is 0 Å². The van der Waals surface area contributed by atoms with Crippen molar-refractivity contribution in [2.45, 2.75) is 89.9 Å². The lowest BCUT2D eigenvalue weighted by molar-refractivity contribution is -0.125. The molecule has 4 fully saturated rings. The molecule has 0 N–H and O–H groups in total. The van der Waals surface area contributed by atoms with Crippen molar-refractivity contribution in [2.75, 3.05) is 26.2 Å². The van der Waals surface area contributed by atoms with E-state index in [9.17, 15) is 26.4 Å². The largest absolute Gasteiger partial charge is 0.299 e. The second-order valence-corrected chi connectivity index (χ2v) is 19.6. The number of benzene rings is 2. The van der Waals surface area contributed by atoms with E-state index in [1.807, 2.05) is 65.8 Å². The second kappa shape index (κ2) is 12.4. The summed E-state index contributed by atoms with van der Waals surface area (Å²) in [6.45, 7) is 21.3. The van der Waals surface area contributed by atoms with E-state index in [4.69, 9.17) is 0 Å². The number of carbonyl (C=O) groups is 2. The van der Waals surface area contributed by atoms with Crippen LogP contribution in [0, 0.1) is 35.5 Å². The standard InChI is InChI=1S/2C19H25NO3S/c2*1-14(2)19-9-10-20(13-18(4,12-19)11-17(19)21)24(22,23)16-7-5-15(3)6-8-16/h2*5-8H,1,9-13H2,2-4H3/t2*18-,19-/m10/s1. The van der Waals surface area contributed by atoms with Gasteiger partial charge in [0.05, 0.1) is 20.6 Å². The molecule has 0 aromatic heterocycles. The smallest absolute Gasteiger partial charge is 0.243 e. The van der Waals surface area contributed by atoms with Crippen molar-refractivity contribution in [1.82, 2.24) is 8.61 Å². The lowest BCUT2D eigenvalue weighted by Gasteiger charge is -2.30. The quantitative estimate of drug-likeness (QED) is 0.314. The summed E-state index contributed by atoms with van der Waals surface area (Å²) < 4.78 is 55.3. The maximum absolute atomic E-state index is 13.0. The molecule has 2 aromatic carbocycles. The van der Waals surface area contributed by atoms with Crippen LogP contribution in [0.1, 0.15) is 77.3 Å². The highest BCUT2D eigenvalue weighted by atomic mass is 32.2. The van der Waals surface area contributed by atoms with E-state index < -0.39 is 30.9 Å². The Morgan fingerprint density at radius 2 is 0.938 bits per heavy atom. The van der Waals surface area contributed by atoms with Crippen LogP contribution in [0.3, 0.4) is 0 Å². The lowest BCUT2D eigenvalue weighted by Crippen LogP contribution is -2.40. The molecule has 2 saturated carbocycles. The maximum atomic E-state index is 13.0. The van der Waals surface area contributed by atoms with Crippen molar-refractivity contribution in [3.63, 3.8) is 0 Å². The van der Waals surface area contributed by atoms with Crippen LogP contribution >= 0.6 is 0 Å². The number of ketones is 2. The van der Waals surface area contributed by atoms with Gasteiger partial charge in [-0.05, 0) is 88.5 Å². The van der Waals surface area contributed by atoms with Crippen molar-refractivity contribution in [3.8, 4) is 0 Å². The fraction of sp³-hybridized carbons (Fsp3) is 0.526. The molecule has 2 aliphatic carbocycles. The van der Waals surface area contributed by atoms with Gasteiger partial charge < -0.3 is 0 Å². The molecular formula is C38H50N2O6S2. The third-order valence-electron chi connectivity index (χ3n) is 11.3. The minimum absolute atomic E-state index is 0.227. The average Bonchev–Trinajstić information content (AvgIpc) is 3.24. The van der Waals surface area contributed by atoms with E-state index in [0.717, 1.165) is 22.3 Å². The molecule has 2 aliphatic heterocycles. The number of aryl methyl sites for hydroxylation is 2. The molecule has 4 atom stereocenters. The van der Waals surface area contributed by atoms with Crippen molar-refractivity contribution >= 4 is 31.6 Å². The summed E-state index contributed by atoms with van der Waals surface area (Å²) in [5.41, 5.74) is 2.06. The molecule has 6 rings (SSSR count). The second-order valence-electron chi connectivity index (χ2n) is 15.7. The van der Waals surface area contributed by atoms with Crippen LogP contribution in [0.2, 0.25) is 0 Å². The molecule has 4 bridgehead atoms. The minimum Gasteiger partial charge on any atom is -0.299 e. The zero-order chi connectivity index (χ0) is 35.5. The molecule has 2 heterocycles. The Kier molecular flexibility index (Phi) is 9.43. The van der Waals surface area contributed by atoms with Crippen LogP contribution in [-0.4, -0.2) is 63.2 Å². The number of Topliss-reactive ketones (excluding diaryl/α,β-unsaturated/α-hetero) is 2. The normalized spacial score (nSPS) is 31.0. The molecule has 2 aromatic rings. The monoisotopic (exact) mass is 694 g/mol. The maximum Gasteiger partial charge on any atom is 0.243 e. The van der Waals surface area contributed by atoms with Gasteiger partial charge in [-0.1, -0.05) is 73.5 Å². The highest BCUT2D eigenvalue weighted by Crippen LogP contribution is 2.56. The molecule has 0 radical (unpaired) electrons. The predicted octanol–water partition coefficient (Wildman–Crippen LogP) is 6.64. The fourth-order valence-electron chi connectivity index (χ4n) is 8.55. The zero-order valence-electron chi connectivity index (χ0n) is 29.3. The first-order valence-corrected chi connectivity index (χ1v) is 19.6. The van der Waals surface area contributed by atoms with Gasteiger partial charge >= 0.3 is 0 Å². The fourth-order valence-corrected chi connectivity index (χ4v) is 11.7. The summed E-state index contributed by atoms with van der Waals surface area (Å²) in [4.78, 5) is 25.9. The Balaban J connectivity index is 0.000000188. The number of nitrogens with zero attached hydrogens (tertiary/aromatic N) is 2. The molecule has 260 valence electrons. The number of hydrogen-bond donors (Lipinski definition) is 0. The minimum atomic E-state index is -3.54. The molecular weight excluding hydrogens is 645 g/mol. The average molecular weight is 695 g/mol. The highest BCUT2D eigenvalue weighted by Gasteiger charge is 2.57. The summed E-state index contributed by atoms with van der Waals surface area (Å²) in [5, 5.41) is 0. The summed E-state index contributed by atoms with van der Waals surface area (Å²) in [6, 6.07) is 13.9. The first-order valence-electron chi connectivity index (χ1n) is 16.7. The van der Waals surface area contributed by atoms with E-state index in [-0.39, 0.29) is 22.4 Å². The van der Waals surface area contributed by atoms with E-state index >= 15 is 0 Å². The SMILES string of the molecule is C=C(C)[C@@]12CCN(S(=O)(=O)c3ccc(C)cc3)C[C@@](C)(CC1=O)C2.C=C(C)[C@]12CCN(S(=O)(=O)c3ccc(C)cc3)C[C@](C)(CC1=O)C2. The van der Waals surface area contributed by atoms with Crippen LogP contribution in [0.25, 0.3) is 0 Å². The van der Waals surface area contributed by atoms with Gasteiger partial charge in [-0.25, -0.2) is 16.8 Å². The third-order valence-corrected chi connectivity index (χ3v) is 15.1. The van der Waals surface area contributed by atoms with E-state index in [0.29, 0.717) is 74.5 Å². The highest BCUT2D eigenvalue weighted by molar-refractivity contribution is 7.89. The van der Waals surface area contributed by atoms with Crippen LogP contribution < -0.4 is 0 Å². The Bertz CT molecular complexity index is 1730. The Hall–Kier alpha value is -2.92. The van der Waals surface area contributed by atoms with Gasteiger partial charge in [0.1, 0.15) is 11.6 Å². The van der Waals surface area contributed by atoms with Crippen molar-refractivity contribution in [2.24, 2.45) is 21.7 Å². The van der Waals surface area contributed by atoms with Gasteiger partial charge in [-0.15, -0.1) is 0 Å². The first-order chi connectivity index (χ1) is 22.2. The van der Waals surface area contributed by atoms with Gasteiger partial charge in [-0.2, -0.15) is 8.61 Å². The summed E-state index contributed by atoms with van der Waals surface area (Å²) in [5.74, 6) is 0.453. The number of allylic oxidation sites excluding steroid dienone is 2. The van der Waals surface area contributed by atoms with Gasteiger partial charge in [-0.3, -0.25) is 9.59 Å². The number of rotatable bonds is 6. The van der Waals surface area contributed by atoms with Crippen LogP contribution in [0.4, 0.5) is 0 Å². The Labute approximate surface area is 287 Å². The van der Waals surface area contributed by atoms with Crippen molar-refractivity contribution in [1.29, 1.82) is 0 Å². The lowest BCUT2D eigenvalue weighted by atomic mass is 9.74. The number of carbonyl (C=O) groups excluding carboxylic acids is 2. The number of fused-ring (bicyclic) bond motifs is 4. The summed E-state index contributed by atoms with van der Waals surface area (Å²) in [7, 11) is -7.08. The van der Waals surface area contributed by atoms with Crippen LogP contribution in [-0.2, 0) is 29.6 Å². The number of sulfonamides is 2. The van der Waals surface area contributed by atoms with E-state index in [1.54, 1.807) is 32.9 Å².